The normalized spacial score (nSPS) is 11.1. The van der Waals surface area contributed by atoms with Gasteiger partial charge in [-0.15, -0.1) is 0 Å². The molecule has 0 bridgehead atoms. The SMILES string of the molecule is CCc1ccc(-c2cc(C(=O)NN=Cc3ccc([N+](=O)[O-])o3)c3ccccc3n2)cc1. The van der Waals surface area contributed by atoms with Gasteiger partial charge in [-0.1, -0.05) is 49.4 Å². The summed E-state index contributed by atoms with van der Waals surface area (Å²) in [6.45, 7) is 2.09. The lowest BCUT2D eigenvalue weighted by Crippen LogP contribution is -2.18. The largest absolute Gasteiger partial charge is 0.433 e. The molecule has 0 atom stereocenters. The number of carbonyl (C=O) groups is 1. The molecule has 2 aromatic heterocycles. The highest BCUT2D eigenvalue weighted by molar-refractivity contribution is 6.07. The van der Waals surface area contributed by atoms with Gasteiger partial charge in [0.2, 0.25) is 0 Å². The van der Waals surface area contributed by atoms with Crippen LogP contribution in [0, 0.1) is 10.1 Å². The Balaban J connectivity index is 1.63. The van der Waals surface area contributed by atoms with E-state index in [1.165, 1.54) is 23.9 Å². The molecule has 0 unspecified atom stereocenters. The Hall–Kier alpha value is -4.33. The van der Waals surface area contributed by atoms with Crippen molar-refractivity contribution >= 4 is 28.9 Å². The lowest BCUT2D eigenvalue weighted by molar-refractivity contribution is -0.402. The minimum absolute atomic E-state index is 0.156. The van der Waals surface area contributed by atoms with Crippen molar-refractivity contribution in [2.45, 2.75) is 13.3 Å². The number of para-hydroxylation sites is 1. The Kier molecular flexibility index (Phi) is 5.53. The van der Waals surface area contributed by atoms with Crippen LogP contribution >= 0.6 is 0 Å². The smallest absolute Gasteiger partial charge is 0.400 e. The van der Waals surface area contributed by atoms with Crippen LogP contribution in [0.15, 0.2) is 76.2 Å². The van der Waals surface area contributed by atoms with Crippen LogP contribution < -0.4 is 5.43 Å². The molecule has 2 heterocycles. The van der Waals surface area contributed by atoms with Gasteiger partial charge in [-0.3, -0.25) is 14.9 Å². The molecule has 4 aromatic rings. The molecule has 0 radical (unpaired) electrons. The molecule has 0 saturated heterocycles. The maximum Gasteiger partial charge on any atom is 0.433 e. The second-order valence-electron chi connectivity index (χ2n) is 6.75. The van der Waals surface area contributed by atoms with Crippen molar-refractivity contribution in [3.05, 3.63) is 93.7 Å². The molecule has 4 rings (SSSR count). The number of hydrazone groups is 1. The average Bonchev–Trinajstić information content (AvgIpc) is 3.27. The maximum absolute atomic E-state index is 12.9. The van der Waals surface area contributed by atoms with Gasteiger partial charge < -0.3 is 4.42 Å². The van der Waals surface area contributed by atoms with Crippen LogP contribution in [-0.2, 0) is 6.42 Å². The number of rotatable bonds is 6. The fourth-order valence-corrected chi connectivity index (χ4v) is 3.15. The van der Waals surface area contributed by atoms with Crippen LogP contribution in [0.2, 0.25) is 0 Å². The Labute approximate surface area is 177 Å². The average molecular weight is 414 g/mol. The van der Waals surface area contributed by atoms with Gasteiger partial charge in [0.1, 0.15) is 4.92 Å². The predicted octanol–water partition coefficient (Wildman–Crippen LogP) is 4.73. The summed E-state index contributed by atoms with van der Waals surface area (Å²) in [4.78, 5) is 27.6. The van der Waals surface area contributed by atoms with E-state index in [2.05, 4.69) is 17.5 Å². The number of furan rings is 1. The second-order valence-corrected chi connectivity index (χ2v) is 6.75. The van der Waals surface area contributed by atoms with Crippen LogP contribution in [0.1, 0.15) is 28.6 Å². The first-order valence-corrected chi connectivity index (χ1v) is 9.62. The third-order valence-electron chi connectivity index (χ3n) is 4.77. The molecule has 0 aliphatic heterocycles. The highest BCUT2D eigenvalue weighted by atomic mass is 16.6. The Bertz CT molecular complexity index is 1290. The molecule has 0 spiro atoms. The molecule has 0 aliphatic carbocycles. The predicted molar refractivity (Wildman–Crippen MR) is 117 cm³/mol. The van der Waals surface area contributed by atoms with Gasteiger partial charge in [-0.05, 0) is 30.2 Å². The van der Waals surface area contributed by atoms with Crippen molar-refractivity contribution in [2.24, 2.45) is 5.10 Å². The fourth-order valence-electron chi connectivity index (χ4n) is 3.15. The first-order valence-electron chi connectivity index (χ1n) is 9.62. The maximum atomic E-state index is 12.9. The summed E-state index contributed by atoms with van der Waals surface area (Å²) >= 11 is 0. The van der Waals surface area contributed by atoms with Gasteiger partial charge in [-0.25, -0.2) is 10.4 Å². The number of nitro groups is 1. The molecule has 8 heteroatoms. The highest BCUT2D eigenvalue weighted by Crippen LogP contribution is 2.25. The molecule has 1 N–H and O–H groups in total. The van der Waals surface area contributed by atoms with Crippen LogP contribution in [0.5, 0.6) is 0 Å². The van der Waals surface area contributed by atoms with Crippen molar-refractivity contribution in [3.63, 3.8) is 0 Å². The summed E-state index contributed by atoms with van der Waals surface area (Å²) in [5.74, 6) is -0.669. The number of pyridine rings is 1. The molecule has 8 nitrogen and oxygen atoms in total. The zero-order chi connectivity index (χ0) is 21.8. The number of aromatic nitrogens is 1. The molecular formula is C23H18N4O4. The number of benzene rings is 2. The first kappa shape index (κ1) is 20.0. The number of hydrogen-bond donors (Lipinski definition) is 1. The van der Waals surface area contributed by atoms with E-state index in [1.807, 2.05) is 48.5 Å². The van der Waals surface area contributed by atoms with E-state index >= 15 is 0 Å². The number of carbonyl (C=O) groups excluding carboxylic acids is 1. The van der Waals surface area contributed by atoms with Gasteiger partial charge in [0.05, 0.1) is 29.1 Å². The van der Waals surface area contributed by atoms with E-state index in [9.17, 15) is 14.9 Å². The minimum Gasteiger partial charge on any atom is -0.400 e. The Morgan fingerprint density at radius 2 is 1.94 bits per heavy atom. The van der Waals surface area contributed by atoms with Gasteiger partial charge in [-0.2, -0.15) is 5.10 Å². The summed E-state index contributed by atoms with van der Waals surface area (Å²) in [5.41, 5.74) is 6.36. The quantitative estimate of drug-likeness (QED) is 0.279. The van der Waals surface area contributed by atoms with E-state index in [1.54, 1.807) is 6.07 Å². The third kappa shape index (κ3) is 4.32. The Morgan fingerprint density at radius 3 is 2.65 bits per heavy atom. The van der Waals surface area contributed by atoms with Crippen LogP contribution in [-0.4, -0.2) is 22.0 Å². The lowest BCUT2D eigenvalue weighted by Gasteiger charge is -2.09. The molecule has 2 aromatic carbocycles. The monoisotopic (exact) mass is 414 g/mol. The first-order chi connectivity index (χ1) is 15.0. The van der Waals surface area contributed by atoms with E-state index in [-0.39, 0.29) is 5.76 Å². The van der Waals surface area contributed by atoms with Crippen LogP contribution in [0.3, 0.4) is 0 Å². The van der Waals surface area contributed by atoms with Crippen molar-refractivity contribution in [1.29, 1.82) is 0 Å². The zero-order valence-corrected chi connectivity index (χ0v) is 16.6. The van der Waals surface area contributed by atoms with Gasteiger partial charge in [0.15, 0.2) is 5.76 Å². The van der Waals surface area contributed by atoms with E-state index in [0.29, 0.717) is 22.2 Å². The van der Waals surface area contributed by atoms with Crippen LogP contribution in [0.25, 0.3) is 22.2 Å². The highest BCUT2D eigenvalue weighted by Gasteiger charge is 2.14. The molecule has 154 valence electrons. The Morgan fingerprint density at radius 1 is 1.16 bits per heavy atom. The summed E-state index contributed by atoms with van der Waals surface area (Å²) in [6.07, 6.45) is 2.15. The van der Waals surface area contributed by atoms with Crippen molar-refractivity contribution < 1.29 is 14.1 Å². The summed E-state index contributed by atoms with van der Waals surface area (Å²) in [5, 5.41) is 15.2. The van der Waals surface area contributed by atoms with E-state index < -0.39 is 16.7 Å². The molecule has 0 aliphatic rings. The number of hydrogen-bond acceptors (Lipinski definition) is 6. The lowest BCUT2D eigenvalue weighted by atomic mass is 10.0. The molecule has 31 heavy (non-hydrogen) atoms. The fraction of sp³-hybridized carbons (Fsp3) is 0.0870. The zero-order valence-electron chi connectivity index (χ0n) is 16.6. The van der Waals surface area contributed by atoms with E-state index in [4.69, 9.17) is 9.40 Å². The standard InChI is InChI=1S/C23H18N4O4/c1-2-15-7-9-16(10-8-15)21-13-19(18-5-3-4-6-20(18)25-21)23(28)26-24-14-17-11-12-22(31-17)27(29)30/h3-14H,2H2,1H3,(H,26,28). The van der Waals surface area contributed by atoms with E-state index in [0.717, 1.165) is 12.0 Å². The number of fused-ring (bicyclic) bond motifs is 1. The van der Waals surface area contributed by atoms with Gasteiger partial charge in [0, 0.05) is 10.9 Å². The second kappa shape index (κ2) is 8.58. The van der Waals surface area contributed by atoms with Crippen molar-refractivity contribution in [1.82, 2.24) is 10.4 Å². The number of nitrogens with zero attached hydrogens (tertiary/aromatic N) is 3. The van der Waals surface area contributed by atoms with Crippen molar-refractivity contribution in [2.75, 3.05) is 0 Å². The summed E-state index contributed by atoms with van der Waals surface area (Å²) < 4.78 is 4.99. The molecule has 1 amide bonds. The van der Waals surface area contributed by atoms with Gasteiger partial charge in [0.25, 0.3) is 5.91 Å². The summed E-state index contributed by atoms with van der Waals surface area (Å²) in [7, 11) is 0. The summed E-state index contributed by atoms with van der Waals surface area (Å²) in [6, 6.07) is 19.8. The minimum atomic E-state index is -0.645. The molecule has 0 saturated carbocycles. The molecular weight excluding hydrogens is 396 g/mol. The van der Waals surface area contributed by atoms with Crippen molar-refractivity contribution in [3.8, 4) is 11.3 Å². The topological polar surface area (TPSA) is 111 Å². The molecule has 0 fully saturated rings. The number of amides is 1. The number of nitrogens with one attached hydrogen (secondary N) is 1. The third-order valence-corrected chi connectivity index (χ3v) is 4.77. The van der Waals surface area contributed by atoms with Crippen LogP contribution in [0.4, 0.5) is 5.88 Å². The van der Waals surface area contributed by atoms with Gasteiger partial charge >= 0.3 is 5.88 Å². The number of aryl methyl sites for hydroxylation is 1.